The van der Waals surface area contributed by atoms with Gasteiger partial charge < -0.3 is 10.5 Å². The largest absolute Gasteiger partial charge is 0.372 e. The summed E-state index contributed by atoms with van der Waals surface area (Å²) in [7, 11) is 0. The summed E-state index contributed by atoms with van der Waals surface area (Å²) in [5.74, 6) is 0. The SMILES string of the molecule is Cc1cc(C(N)c2ccc3c(c2)COC3)sc1Br. The Morgan fingerprint density at radius 3 is 2.78 bits per heavy atom. The topological polar surface area (TPSA) is 35.2 Å². The van der Waals surface area contributed by atoms with E-state index in [-0.39, 0.29) is 6.04 Å². The van der Waals surface area contributed by atoms with Crippen LogP contribution in [-0.2, 0) is 18.0 Å². The van der Waals surface area contributed by atoms with Crippen LogP contribution in [0.15, 0.2) is 28.1 Å². The number of aryl methyl sites for hydroxylation is 1. The van der Waals surface area contributed by atoms with E-state index in [0.29, 0.717) is 6.61 Å². The van der Waals surface area contributed by atoms with Gasteiger partial charge in [-0.15, -0.1) is 11.3 Å². The molecule has 3 rings (SSSR count). The second-order valence-corrected chi connectivity index (χ2v) is 7.01. The van der Waals surface area contributed by atoms with Crippen molar-refractivity contribution < 1.29 is 4.74 Å². The third-order valence-corrected chi connectivity index (χ3v) is 5.51. The van der Waals surface area contributed by atoms with E-state index in [4.69, 9.17) is 10.5 Å². The molecule has 0 saturated heterocycles. The number of thiophene rings is 1. The lowest BCUT2D eigenvalue weighted by atomic mass is 10.0. The number of ether oxygens (including phenoxy) is 1. The van der Waals surface area contributed by atoms with E-state index in [1.165, 1.54) is 21.6 Å². The zero-order valence-corrected chi connectivity index (χ0v) is 12.5. The standard InChI is InChI=1S/C14H14BrNOS/c1-8-4-12(18-14(8)15)13(16)9-2-3-10-6-17-7-11(10)5-9/h2-5,13H,6-7,16H2,1H3. The summed E-state index contributed by atoms with van der Waals surface area (Å²) < 4.78 is 6.60. The summed E-state index contributed by atoms with van der Waals surface area (Å²) in [6, 6.07) is 8.53. The highest BCUT2D eigenvalue weighted by Gasteiger charge is 2.17. The van der Waals surface area contributed by atoms with Crippen LogP contribution in [0, 0.1) is 6.92 Å². The van der Waals surface area contributed by atoms with Gasteiger partial charge in [0.05, 0.1) is 23.0 Å². The van der Waals surface area contributed by atoms with Gasteiger partial charge in [0.1, 0.15) is 0 Å². The first-order chi connectivity index (χ1) is 8.65. The van der Waals surface area contributed by atoms with E-state index in [1.807, 2.05) is 0 Å². The minimum Gasteiger partial charge on any atom is -0.372 e. The van der Waals surface area contributed by atoms with Crippen molar-refractivity contribution in [2.24, 2.45) is 5.73 Å². The molecule has 1 aliphatic rings. The first kappa shape index (κ1) is 12.4. The van der Waals surface area contributed by atoms with E-state index in [9.17, 15) is 0 Å². The zero-order chi connectivity index (χ0) is 12.7. The van der Waals surface area contributed by atoms with Gasteiger partial charge >= 0.3 is 0 Å². The molecule has 0 aliphatic carbocycles. The normalized spacial score (nSPS) is 15.7. The lowest BCUT2D eigenvalue weighted by molar-refractivity contribution is 0.134. The fourth-order valence-corrected chi connectivity index (χ4v) is 3.79. The fourth-order valence-electron chi connectivity index (χ4n) is 2.19. The zero-order valence-electron chi connectivity index (χ0n) is 10.1. The van der Waals surface area contributed by atoms with Crippen LogP contribution in [0.1, 0.15) is 33.2 Å². The monoisotopic (exact) mass is 323 g/mol. The molecule has 0 fully saturated rings. The van der Waals surface area contributed by atoms with Crippen LogP contribution in [0.4, 0.5) is 0 Å². The van der Waals surface area contributed by atoms with Crippen LogP contribution in [0.5, 0.6) is 0 Å². The molecule has 0 bridgehead atoms. The molecule has 4 heteroatoms. The van der Waals surface area contributed by atoms with Crippen molar-refractivity contribution >= 4 is 27.3 Å². The Morgan fingerprint density at radius 2 is 2.06 bits per heavy atom. The lowest BCUT2D eigenvalue weighted by Gasteiger charge is -2.11. The van der Waals surface area contributed by atoms with Gasteiger partial charge in [-0.1, -0.05) is 18.2 Å². The molecular formula is C14H14BrNOS. The summed E-state index contributed by atoms with van der Waals surface area (Å²) in [6.45, 7) is 3.53. The fraction of sp³-hybridized carbons (Fsp3) is 0.286. The molecule has 0 spiro atoms. The van der Waals surface area contributed by atoms with Gasteiger partial charge in [-0.25, -0.2) is 0 Å². The van der Waals surface area contributed by atoms with Crippen molar-refractivity contribution in [1.82, 2.24) is 0 Å². The molecule has 2 N–H and O–H groups in total. The van der Waals surface area contributed by atoms with Gasteiger partial charge in [-0.3, -0.25) is 0 Å². The van der Waals surface area contributed by atoms with Crippen LogP contribution in [-0.4, -0.2) is 0 Å². The molecular weight excluding hydrogens is 310 g/mol. The summed E-state index contributed by atoms with van der Waals surface area (Å²) >= 11 is 5.26. The van der Waals surface area contributed by atoms with Crippen molar-refractivity contribution in [3.63, 3.8) is 0 Å². The van der Waals surface area contributed by atoms with Gasteiger partial charge in [-0.2, -0.15) is 0 Å². The molecule has 1 aliphatic heterocycles. The van der Waals surface area contributed by atoms with Gasteiger partial charge in [0.25, 0.3) is 0 Å². The first-order valence-corrected chi connectivity index (χ1v) is 7.47. The number of nitrogens with two attached hydrogens (primary N) is 1. The average molecular weight is 324 g/mol. The van der Waals surface area contributed by atoms with Gasteiger partial charge in [0, 0.05) is 4.88 Å². The van der Waals surface area contributed by atoms with Crippen molar-refractivity contribution in [2.75, 3.05) is 0 Å². The molecule has 2 heterocycles. The summed E-state index contributed by atoms with van der Waals surface area (Å²) in [5.41, 5.74) is 11.3. The molecule has 94 valence electrons. The van der Waals surface area contributed by atoms with Gasteiger partial charge in [-0.05, 0) is 51.2 Å². The number of hydrogen-bond donors (Lipinski definition) is 1. The summed E-state index contributed by atoms with van der Waals surface area (Å²) in [5, 5.41) is 0. The Labute approximate surface area is 119 Å². The minimum absolute atomic E-state index is 0.0501. The summed E-state index contributed by atoms with van der Waals surface area (Å²) in [6.07, 6.45) is 0. The molecule has 0 saturated carbocycles. The van der Waals surface area contributed by atoms with Crippen molar-refractivity contribution in [1.29, 1.82) is 0 Å². The van der Waals surface area contributed by atoms with E-state index in [1.54, 1.807) is 11.3 Å². The number of benzene rings is 1. The Bertz CT molecular complexity index is 574. The molecule has 1 aromatic heterocycles. The smallest absolute Gasteiger partial charge is 0.0731 e. The predicted molar refractivity (Wildman–Crippen MR) is 77.7 cm³/mol. The average Bonchev–Trinajstić information content (AvgIpc) is 2.95. The quantitative estimate of drug-likeness (QED) is 0.909. The maximum absolute atomic E-state index is 6.34. The van der Waals surface area contributed by atoms with Crippen LogP contribution < -0.4 is 5.73 Å². The number of halogens is 1. The molecule has 2 aromatic rings. The highest BCUT2D eigenvalue weighted by molar-refractivity contribution is 9.11. The molecule has 18 heavy (non-hydrogen) atoms. The van der Waals surface area contributed by atoms with E-state index in [0.717, 1.165) is 16.0 Å². The molecule has 0 amide bonds. The molecule has 0 radical (unpaired) electrons. The molecule has 1 unspecified atom stereocenters. The highest BCUT2D eigenvalue weighted by atomic mass is 79.9. The highest BCUT2D eigenvalue weighted by Crippen LogP contribution is 2.34. The Hall–Kier alpha value is -0.680. The Morgan fingerprint density at radius 1 is 1.28 bits per heavy atom. The van der Waals surface area contributed by atoms with Gasteiger partial charge in [0.2, 0.25) is 0 Å². The third kappa shape index (κ3) is 2.14. The third-order valence-electron chi connectivity index (χ3n) is 3.29. The van der Waals surface area contributed by atoms with Crippen LogP contribution in [0.25, 0.3) is 0 Å². The lowest BCUT2D eigenvalue weighted by Crippen LogP contribution is -2.10. The summed E-state index contributed by atoms with van der Waals surface area (Å²) in [4.78, 5) is 1.19. The van der Waals surface area contributed by atoms with Gasteiger partial charge in [0.15, 0.2) is 0 Å². The second kappa shape index (κ2) is 4.78. The number of hydrogen-bond acceptors (Lipinski definition) is 3. The Kier molecular flexibility index (Phi) is 3.28. The van der Waals surface area contributed by atoms with Crippen molar-refractivity contribution in [2.45, 2.75) is 26.2 Å². The predicted octanol–water partition coefficient (Wildman–Crippen LogP) is 3.90. The van der Waals surface area contributed by atoms with Crippen LogP contribution >= 0.6 is 27.3 Å². The van der Waals surface area contributed by atoms with E-state index >= 15 is 0 Å². The number of fused-ring (bicyclic) bond motifs is 1. The van der Waals surface area contributed by atoms with E-state index < -0.39 is 0 Å². The Balaban J connectivity index is 1.94. The maximum atomic E-state index is 6.34. The van der Waals surface area contributed by atoms with E-state index in [2.05, 4.69) is 47.1 Å². The minimum atomic E-state index is -0.0501. The first-order valence-electron chi connectivity index (χ1n) is 5.86. The van der Waals surface area contributed by atoms with Crippen molar-refractivity contribution in [3.8, 4) is 0 Å². The molecule has 1 aromatic carbocycles. The molecule has 1 atom stereocenters. The second-order valence-electron chi connectivity index (χ2n) is 4.60. The van der Waals surface area contributed by atoms with Crippen LogP contribution in [0.3, 0.4) is 0 Å². The van der Waals surface area contributed by atoms with Crippen LogP contribution in [0.2, 0.25) is 0 Å². The van der Waals surface area contributed by atoms with Crippen molar-refractivity contribution in [3.05, 3.63) is 55.2 Å². The maximum Gasteiger partial charge on any atom is 0.0731 e. The number of rotatable bonds is 2. The molecule has 2 nitrogen and oxygen atoms in total.